The van der Waals surface area contributed by atoms with Gasteiger partial charge in [-0.05, 0) is 37.6 Å². The first-order valence-electron chi connectivity index (χ1n) is 6.61. The van der Waals surface area contributed by atoms with E-state index < -0.39 is 0 Å². The van der Waals surface area contributed by atoms with Crippen LogP contribution in [0.2, 0.25) is 0 Å². The van der Waals surface area contributed by atoms with Gasteiger partial charge in [0.05, 0.1) is 6.54 Å². The van der Waals surface area contributed by atoms with E-state index in [-0.39, 0.29) is 11.9 Å². The zero-order valence-corrected chi connectivity index (χ0v) is 13.7. The molecule has 0 radical (unpaired) electrons. The van der Waals surface area contributed by atoms with E-state index in [1.165, 1.54) is 5.56 Å². The van der Waals surface area contributed by atoms with Gasteiger partial charge in [0.15, 0.2) is 0 Å². The minimum absolute atomic E-state index is 0.0841. The van der Waals surface area contributed by atoms with E-state index in [2.05, 4.69) is 47.2 Å². The highest BCUT2D eigenvalue weighted by Crippen LogP contribution is 2.11. The van der Waals surface area contributed by atoms with E-state index in [1.54, 1.807) is 0 Å². The Kier molecular flexibility index (Phi) is 6.52. The highest BCUT2D eigenvalue weighted by atomic mass is 79.9. The molecular formula is C15H23BrN2O. The Bertz CT molecular complexity index is 403. The van der Waals surface area contributed by atoms with Gasteiger partial charge in [0.2, 0.25) is 5.91 Å². The smallest absolute Gasteiger partial charge is 0.234 e. The van der Waals surface area contributed by atoms with Gasteiger partial charge < -0.3 is 5.32 Å². The van der Waals surface area contributed by atoms with Gasteiger partial charge in [0.25, 0.3) is 0 Å². The molecule has 0 saturated carbocycles. The van der Waals surface area contributed by atoms with Gasteiger partial charge in [0.1, 0.15) is 0 Å². The number of carbonyl (C=O) groups is 1. The average Bonchev–Trinajstić information content (AvgIpc) is 2.31. The topological polar surface area (TPSA) is 32.3 Å². The molecule has 0 aromatic heterocycles. The molecule has 4 heteroatoms. The summed E-state index contributed by atoms with van der Waals surface area (Å²) in [5.41, 5.74) is 1.20. The first-order chi connectivity index (χ1) is 8.88. The molecule has 1 amide bonds. The number of likely N-dealkylation sites (N-methyl/N-ethyl adjacent to an activating group) is 1. The molecular weight excluding hydrogens is 304 g/mol. The molecule has 0 heterocycles. The molecule has 1 unspecified atom stereocenters. The van der Waals surface area contributed by atoms with Crippen LogP contribution >= 0.6 is 15.9 Å². The van der Waals surface area contributed by atoms with Crippen LogP contribution < -0.4 is 5.32 Å². The van der Waals surface area contributed by atoms with Crippen LogP contribution in [0.4, 0.5) is 0 Å². The van der Waals surface area contributed by atoms with Crippen LogP contribution in [0.3, 0.4) is 0 Å². The zero-order valence-electron chi connectivity index (χ0n) is 12.1. The number of nitrogens with one attached hydrogen (secondary N) is 1. The third-order valence-corrected chi connectivity index (χ3v) is 3.70. The van der Waals surface area contributed by atoms with E-state index in [9.17, 15) is 4.79 Å². The molecule has 106 valence electrons. The predicted molar refractivity (Wildman–Crippen MR) is 82.9 cm³/mol. The Balaban J connectivity index is 2.40. The van der Waals surface area contributed by atoms with Crippen molar-refractivity contribution in [2.24, 2.45) is 5.92 Å². The summed E-state index contributed by atoms with van der Waals surface area (Å²) in [5, 5.41) is 3.02. The zero-order chi connectivity index (χ0) is 14.4. The third-order valence-electron chi connectivity index (χ3n) is 3.17. The quantitative estimate of drug-likeness (QED) is 0.871. The van der Waals surface area contributed by atoms with Crippen molar-refractivity contribution in [3.05, 3.63) is 34.3 Å². The van der Waals surface area contributed by atoms with Crippen LogP contribution in [-0.4, -0.2) is 30.4 Å². The van der Waals surface area contributed by atoms with Gasteiger partial charge in [-0.3, -0.25) is 9.69 Å². The molecule has 0 bridgehead atoms. The lowest BCUT2D eigenvalue weighted by atomic mass is 10.1. The van der Waals surface area contributed by atoms with Crippen molar-refractivity contribution < 1.29 is 4.79 Å². The summed E-state index contributed by atoms with van der Waals surface area (Å²) >= 11 is 3.41. The average molecular weight is 327 g/mol. The number of hydrogen-bond acceptors (Lipinski definition) is 2. The molecule has 1 N–H and O–H groups in total. The molecule has 1 atom stereocenters. The van der Waals surface area contributed by atoms with E-state index in [1.807, 2.05) is 31.0 Å². The summed E-state index contributed by atoms with van der Waals surface area (Å²) in [4.78, 5) is 13.9. The fourth-order valence-corrected chi connectivity index (χ4v) is 1.93. The SMILES string of the molecule is CC(C)C(C)NC(=O)CN(C)Cc1ccc(Br)cc1. The molecule has 0 saturated heterocycles. The third kappa shape index (κ3) is 6.21. The summed E-state index contributed by atoms with van der Waals surface area (Å²) in [7, 11) is 1.96. The lowest BCUT2D eigenvalue weighted by molar-refractivity contribution is -0.122. The van der Waals surface area contributed by atoms with E-state index in [0.29, 0.717) is 12.5 Å². The minimum atomic E-state index is 0.0841. The number of halogens is 1. The maximum Gasteiger partial charge on any atom is 0.234 e. The van der Waals surface area contributed by atoms with Crippen LogP contribution in [-0.2, 0) is 11.3 Å². The van der Waals surface area contributed by atoms with Crippen LogP contribution in [0.15, 0.2) is 28.7 Å². The van der Waals surface area contributed by atoms with E-state index in [0.717, 1.165) is 11.0 Å². The lowest BCUT2D eigenvalue weighted by Gasteiger charge is -2.21. The highest BCUT2D eigenvalue weighted by molar-refractivity contribution is 9.10. The van der Waals surface area contributed by atoms with Crippen LogP contribution in [0.25, 0.3) is 0 Å². The normalized spacial score (nSPS) is 12.8. The maximum absolute atomic E-state index is 11.9. The molecule has 1 aromatic rings. The molecule has 0 aliphatic carbocycles. The Hall–Kier alpha value is -0.870. The predicted octanol–water partition coefficient (Wildman–Crippen LogP) is 3.04. The van der Waals surface area contributed by atoms with Crippen molar-refractivity contribution in [3.63, 3.8) is 0 Å². The summed E-state index contributed by atoms with van der Waals surface area (Å²) in [6, 6.07) is 8.38. The Morgan fingerprint density at radius 2 is 1.84 bits per heavy atom. The summed E-state index contributed by atoms with van der Waals surface area (Å²) in [6.45, 7) is 7.45. The molecule has 1 rings (SSSR count). The van der Waals surface area contributed by atoms with Crippen molar-refractivity contribution in [2.75, 3.05) is 13.6 Å². The summed E-state index contributed by atoms with van der Waals surface area (Å²) < 4.78 is 1.07. The monoisotopic (exact) mass is 326 g/mol. The maximum atomic E-state index is 11.9. The van der Waals surface area contributed by atoms with Crippen LogP contribution in [0, 0.1) is 5.92 Å². The van der Waals surface area contributed by atoms with Crippen molar-refractivity contribution >= 4 is 21.8 Å². The van der Waals surface area contributed by atoms with Gasteiger partial charge in [-0.25, -0.2) is 0 Å². The largest absolute Gasteiger partial charge is 0.352 e. The van der Waals surface area contributed by atoms with Crippen molar-refractivity contribution in [1.82, 2.24) is 10.2 Å². The number of carbonyl (C=O) groups excluding carboxylic acids is 1. The molecule has 0 fully saturated rings. The van der Waals surface area contributed by atoms with Gasteiger partial charge in [-0.15, -0.1) is 0 Å². The van der Waals surface area contributed by atoms with Crippen LogP contribution in [0.1, 0.15) is 26.3 Å². The standard InChI is InChI=1S/C15H23BrN2O/c1-11(2)12(3)17-15(19)10-18(4)9-13-5-7-14(16)8-6-13/h5-8,11-12H,9-10H2,1-4H3,(H,17,19). The second kappa shape index (κ2) is 7.65. The van der Waals surface area contributed by atoms with Gasteiger partial charge >= 0.3 is 0 Å². The van der Waals surface area contributed by atoms with Gasteiger partial charge in [-0.2, -0.15) is 0 Å². The first-order valence-corrected chi connectivity index (χ1v) is 7.40. The fraction of sp³-hybridized carbons (Fsp3) is 0.533. The van der Waals surface area contributed by atoms with Crippen molar-refractivity contribution in [3.8, 4) is 0 Å². The molecule has 0 aliphatic rings. The summed E-state index contributed by atoms with van der Waals surface area (Å²) in [6.07, 6.45) is 0. The second-order valence-electron chi connectivity index (χ2n) is 5.40. The molecule has 1 aromatic carbocycles. The van der Waals surface area contributed by atoms with Crippen LogP contribution in [0.5, 0.6) is 0 Å². The van der Waals surface area contributed by atoms with Gasteiger partial charge in [0, 0.05) is 17.1 Å². The summed E-state index contributed by atoms with van der Waals surface area (Å²) in [5.74, 6) is 0.543. The molecule has 0 spiro atoms. The number of benzene rings is 1. The molecule has 0 aliphatic heterocycles. The molecule has 3 nitrogen and oxygen atoms in total. The van der Waals surface area contributed by atoms with Crippen molar-refractivity contribution in [2.45, 2.75) is 33.4 Å². The van der Waals surface area contributed by atoms with Gasteiger partial charge in [-0.1, -0.05) is 41.9 Å². The fourth-order valence-electron chi connectivity index (χ4n) is 1.67. The van der Waals surface area contributed by atoms with E-state index >= 15 is 0 Å². The second-order valence-corrected chi connectivity index (χ2v) is 6.31. The number of rotatable bonds is 6. The Morgan fingerprint density at radius 3 is 2.37 bits per heavy atom. The lowest BCUT2D eigenvalue weighted by Crippen LogP contribution is -2.41. The van der Waals surface area contributed by atoms with Crippen molar-refractivity contribution in [1.29, 1.82) is 0 Å². The molecule has 19 heavy (non-hydrogen) atoms. The minimum Gasteiger partial charge on any atom is -0.352 e. The highest BCUT2D eigenvalue weighted by Gasteiger charge is 2.12. The van der Waals surface area contributed by atoms with E-state index in [4.69, 9.17) is 0 Å². The Labute approximate surface area is 124 Å². The number of hydrogen-bond donors (Lipinski definition) is 1. The number of nitrogens with zero attached hydrogens (tertiary/aromatic N) is 1. The first kappa shape index (κ1) is 16.2. The Morgan fingerprint density at radius 1 is 1.26 bits per heavy atom. The number of amides is 1.